The maximum Gasteiger partial charge on any atom is 0.327 e. The molecular formula is C36H36N2O8. The van der Waals surface area contributed by atoms with Crippen molar-refractivity contribution >= 4 is 18.0 Å². The van der Waals surface area contributed by atoms with Crippen LogP contribution in [0.4, 0.5) is 0 Å². The second-order valence-electron chi connectivity index (χ2n) is 12.9. The standard InChI is InChI=1S/C36H36N2O8/c39-17-16-37-34(42)36-20-28-29-30(45-35(44-29)18-25-8-1-2-9-26(25)19-35)32(36)46-38(31(36)33(41)43-28)21-23-14-12-22(13-15-23)6-5-10-24-7-3-4-11-27(24)40/h1-9,11-15,28-32,39-40H,10,16-21H2,(H,37,42)/t28-,29+,30+,31+,32-,36+/m1/s1. The number of benzene rings is 3. The molecular weight excluding hydrogens is 588 g/mol. The third-order valence-corrected chi connectivity index (χ3v) is 10.1. The molecule has 6 atom stereocenters. The van der Waals surface area contributed by atoms with Crippen LogP contribution in [0.3, 0.4) is 0 Å². The molecule has 0 aromatic heterocycles. The molecule has 1 spiro atoms. The van der Waals surface area contributed by atoms with Gasteiger partial charge in [-0.25, -0.2) is 0 Å². The Hall–Kier alpha value is -4.06. The first-order chi connectivity index (χ1) is 22.4. The molecule has 46 heavy (non-hydrogen) atoms. The summed E-state index contributed by atoms with van der Waals surface area (Å²) >= 11 is 0. The van der Waals surface area contributed by atoms with E-state index in [1.165, 1.54) is 0 Å². The number of aliphatic hydroxyl groups is 1. The summed E-state index contributed by atoms with van der Waals surface area (Å²) in [5.74, 6) is -1.53. The zero-order valence-electron chi connectivity index (χ0n) is 25.2. The highest BCUT2D eigenvalue weighted by atomic mass is 16.8. The van der Waals surface area contributed by atoms with E-state index in [9.17, 15) is 19.8 Å². The molecule has 10 heteroatoms. The maximum atomic E-state index is 14.0. The van der Waals surface area contributed by atoms with Crippen LogP contribution in [-0.2, 0) is 54.4 Å². The fourth-order valence-electron chi connectivity index (χ4n) is 8.01. The lowest BCUT2D eigenvalue weighted by atomic mass is 9.62. The average molecular weight is 625 g/mol. The molecule has 3 aromatic rings. The molecule has 1 amide bonds. The van der Waals surface area contributed by atoms with Gasteiger partial charge in [-0.1, -0.05) is 78.9 Å². The Morgan fingerprint density at radius 2 is 1.70 bits per heavy atom. The highest BCUT2D eigenvalue weighted by molar-refractivity contribution is 5.93. The van der Waals surface area contributed by atoms with Crippen molar-refractivity contribution in [2.24, 2.45) is 5.41 Å². The Kier molecular flexibility index (Phi) is 7.23. The van der Waals surface area contributed by atoms with Crippen molar-refractivity contribution in [2.45, 2.75) is 68.5 Å². The van der Waals surface area contributed by atoms with Gasteiger partial charge in [0.05, 0.1) is 13.2 Å². The van der Waals surface area contributed by atoms with Crippen molar-refractivity contribution < 1.29 is 38.9 Å². The van der Waals surface area contributed by atoms with Gasteiger partial charge < -0.3 is 29.7 Å². The Bertz CT molecular complexity index is 1670. The Labute approximate surface area is 266 Å². The van der Waals surface area contributed by atoms with Crippen molar-refractivity contribution in [3.63, 3.8) is 0 Å². The van der Waals surface area contributed by atoms with Crippen LogP contribution in [0.5, 0.6) is 5.75 Å². The number of amides is 1. The molecule has 3 saturated heterocycles. The summed E-state index contributed by atoms with van der Waals surface area (Å²) in [6.07, 6.45) is 3.28. The third kappa shape index (κ3) is 4.75. The summed E-state index contributed by atoms with van der Waals surface area (Å²) in [6.45, 7) is 0.0753. The summed E-state index contributed by atoms with van der Waals surface area (Å²) in [7, 11) is 0. The number of phenolic OH excluding ortho intramolecular Hbond substituents is 1. The van der Waals surface area contributed by atoms with Crippen LogP contribution in [0.25, 0.3) is 6.08 Å². The second-order valence-corrected chi connectivity index (χ2v) is 12.9. The van der Waals surface area contributed by atoms with Gasteiger partial charge in [-0.2, -0.15) is 5.06 Å². The molecule has 3 aliphatic heterocycles. The number of esters is 1. The average Bonchev–Trinajstić information content (AvgIpc) is 3.73. The first-order valence-corrected chi connectivity index (χ1v) is 15.9. The molecule has 2 aliphatic carbocycles. The Morgan fingerprint density at radius 3 is 2.43 bits per heavy atom. The van der Waals surface area contributed by atoms with E-state index < -0.39 is 47.6 Å². The van der Waals surface area contributed by atoms with Crippen molar-refractivity contribution in [3.8, 4) is 5.75 Å². The number of phenols is 1. The van der Waals surface area contributed by atoms with E-state index in [0.717, 1.165) is 27.8 Å². The number of hydrogen-bond acceptors (Lipinski definition) is 9. The summed E-state index contributed by atoms with van der Waals surface area (Å²) < 4.78 is 19.4. The number of fused-ring (bicyclic) bond motifs is 5. The fraction of sp³-hybridized carbons (Fsp3) is 0.389. The van der Waals surface area contributed by atoms with Gasteiger partial charge in [-0.05, 0) is 40.3 Å². The summed E-state index contributed by atoms with van der Waals surface area (Å²) in [5, 5.41) is 23.9. The highest BCUT2D eigenvalue weighted by Gasteiger charge is 2.76. The largest absolute Gasteiger partial charge is 0.508 e. The smallest absolute Gasteiger partial charge is 0.327 e. The van der Waals surface area contributed by atoms with Crippen LogP contribution >= 0.6 is 0 Å². The normalized spacial score (nSPS) is 30.4. The number of aromatic hydroxyl groups is 1. The van der Waals surface area contributed by atoms with Crippen LogP contribution in [0.2, 0.25) is 0 Å². The number of rotatable bonds is 8. The quantitative estimate of drug-likeness (QED) is 0.325. The summed E-state index contributed by atoms with van der Waals surface area (Å²) in [4.78, 5) is 34.3. The molecule has 8 rings (SSSR count). The predicted molar refractivity (Wildman–Crippen MR) is 165 cm³/mol. The minimum Gasteiger partial charge on any atom is -0.508 e. The van der Waals surface area contributed by atoms with Crippen LogP contribution in [0.15, 0.2) is 78.9 Å². The zero-order valence-corrected chi connectivity index (χ0v) is 25.2. The zero-order chi connectivity index (χ0) is 31.5. The van der Waals surface area contributed by atoms with E-state index in [4.69, 9.17) is 19.0 Å². The number of hydrogen-bond donors (Lipinski definition) is 3. The monoisotopic (exact) mass is 624 g/mol. The van der Waals surface area contributed by atoms with Gasteiger partial charge in [0, 0.05) is 25.8 Å². The van der Waals surface area contributed by atoms with E-state index >= 15 is 0 Å². The van der Waals surface area contributed by atoms with Gasteiger partial charge in [0.2, 0.25) is 5.91 Å². The van der Waals surface area contributed by atoms with Crippen LogP contribution in [0.1, 0.15) is 34.2 Å². The van der Waals surface area contributed by atoms with Crippen LogP contribution in [-0.4, -0.2) is 76.5 Å². The number of hydroxylamine groups is 2. The molecule has 10 nitrogen and oxygen atoms in total. The predicted octanol–water partition coefficient (Wildman–Crippen LogP) is 2.84. The van der Waals surface area contributed by atoms with Gasteiger partial charge in [0.1, 0.15) is 35.6 Å². The number of aliphatic hydroxyl groups excluding tert-OH is 1. The van der Waals surface area contributed by atoms with E-state index in [0.29, 0.717) is 19.3 Å². The molecule has 2 bridgehead atoms. The number of para-hydroxylation sites is 1. The summed E-state index contributed by atoms with van der Waals surface area (Å²) in [6, 6.07) is 22.3. The van der Waals surface area contributed by atoms with E-state index in [-0.39, 0.29) is 37.8 Å². The second kappa shape index (κ2) is 11.3. The number of carbonyl (C=O) groups is 2. The molecule has 3 aromatic carbocycles. The van der Waals surface area contributed by atoms with E-state index in [1.807, 2.05) is 60.7 Å². The SMILES string of the molecule is O=C1O[C@@H]2C[C@@]3(C(=O)NCCO)[C@H](ON(Cc4ccc(C=CCc5ccccc5O)cc4)[C@@H]13)[C@H]1OC3(Cc4ccccc4C3)O[C@H]12. The van der Waals surface area contributed by atoms with Crippen molar-refractivity contribution in [1.29, 1.82) is 0 Å². The van der Waals surface area contributed by atoms with E-state index in [1.54, 1.807) is 17.2 Å². The minimum absolute atomic E-state index is 0.0588. The van der Waals surface area contributed by atoms with Crippen LogP contribution in [0, 0.1) is 5.41 Å². The number of allylic oxidation sites excluding steroid dienone is 1. The minimum atomic E-state index is -1.28. The number of nitrogens with zero attached hydrogens (tertiary/aromatic N) is 1. The molecule has 0 unspecified atom stereocenters. The van der Waals surface area contributed by atoms with Gasteiger partial charge >= 0.3 is 5.97 Å². The topological polar surface area (TPSA) is 127 Å². The van der Waals surface area contributed by atoms with Gasteiger partial charge in [0.15, 0.2) is 11.8 Å². The molecule has 0 radical (unpaired) electrons. The van der Waals surface area contributed by atoms with E-state index in [2.05, 4.69) is 17.4 Å². The molecule has 3 heterocycles. The van der Waals surface area contributed by atoms with Gasteiger partial charge in [-0.15, -0.1) is 0 Å². The molecule has 5 aliphatic rings. The lowest BCUT2D eigenvalue weighted by Crippen LogP contribution is -2.69. The van der Waals surface area contributed by atoms with Crippen molar-refractivity contribution in [1.82, 2.24) is 10.4 Å². The molecule has 3 N–H and O–H groups in total. The third-order valence-electron chi connectivity index (χ3n) is 10.1. The Morgan fingerprint density at radius 1 is 0.978 bits per heavy atom. The fourth-order valence-corrected chi connectivity index (χ4v) is 8.01. The van der Waals surface area contributed by atoms with Crippen molar-refractivity contribution in [2.75, 3.05) is 13.2 Å². The van der Waals surface area contributed by atoms with Crippen LogP contribution < -0.4 is 5.32 Å². The lowest BCUT2D eigenvalue weighted by Gasteiger charge is -2.48. The first kappa shape index (κ1) is 29.3. The number of nitrogens with one attached hydrogen (secondary N) is 1. The molecule has 1 saturated carbocycles. The summed E-state index contributed by atoms with van der Waals surface area (Å²) in [5.41, 5.74) is 3.75. The van der Waals surface area contributed by atoms with Gasteiger partial charge in [-0.3, -0.25) is 14.4 Å². The molecule has 238 valence electrons. The Balaban J connectivity index is 1.05. The van der Waals surface area contributed by atoms with Gasteiger partial charge in [0.25, 0.3) is 0 Å². The molecule has 4 fully saturated rings. The maximum absolute atomic E-state index is 14.0. The number of carbonyl (C=O) groups excluding carboxylic acids is 2. The van der Waals surface area contributed by atoms with Crippen molar-refractivity contribution in [3.05, 3.63) is 107 Å². The first-order valence-electron chi connectivity index (χ1n) is 15.9. The lowest BCUT2D eigenvalue weighted by molar-refractivity contribution is -0.217. The highest BCUT2D eigenvalue weighted by Crippen LogP contribution is 2.58. The number of ether oxygens (including phenoxy) is 3.